The van der Waals surface area contributed by atoms with Crippen LogP contribution in [0.4, 0.5) is 5.82 Å². The summed E-state index contributed by atoms with van der Waals surface area (Å²) >= 11 is 0. The number of imidazole rings is 1. The van der Waals surface area contributed by atoms with Gasteiger partial charge in [-0.15, -0.1) is 0 Å². The van der Waals surface area contributed by atoms with E-state index in [1.165, 1.54) is 24.3 Å². The van der Waals surface area contributed by atoms with Crippen LogP contribution in [-0.4, -0.2) is 55.3 Å². The number of nitrogens with zero attached hydrogens (tertiary/aromatic N) is 4. The average Bonchev–Trinajstić information content (AvgIpc) is 3.31. The number of aromatic nitrogens is 2. The molecule has 0 atom stereocenters. The highest BCUT2D eigenvalue weighted by Gasteiger charge is 2.28. The monoisotopic (exact) mass is 376 g/mol. The van der Waals surface area contributed by atoms with Crippen LogP contribution in [0, 0.1) is 18.3 Å². The molecule has 5 rings (SSSR count). The van der Waals surface area contributed by atoms with E-state index < -0.39 is 0 Å². The summed E-state index contributed by atoms with van der Waals surface area (Å²) in [6, 6.07) is 10.6. The molecule has 3 aromatic rings. The van der Waals surface area contributed by atoms with Crippen LogP contribution in [0.1, 0.15) is 23.1 Å². The van der Waals surface area contributed by atoms with Crippen molar-refractivity contribution in [2.24, 2.45) is 0 Å². The summed E-state index contributed by atoms with van der Waals surface area (Å²) in [6.45, 7) is 9.36. The number of morpholine rings is 1. The molecule has 0 saturated carbocycles. The average molecular weight is 376 g/mol. The fraction of sp³-hybridized carbons (Fsp3) is 0.455. The molecule has 1 saturated heterocycles. The van der Waals surface area contributed by atoms with E-state index in [-0.39, 0.29) is 0 Å². The van der Waals surface area contributed by atoms with Gasteiger partial charge in [-0.1, -0.05) is 12.1 Å². The van der Waals surface area contributed by atoms with Crippen molar-refractivity contribution in [1.29, 1.82) is 5.26 Å². The van der Waals surface area contributed by atoms with Crippen molar-refractivity contribution in [3.63, 3.8) is 0 Å². The Morgan fingerprint density at radius 2 is 2.07 bits per heavy atom. The van der Waals surface area contributed by atoms with Crippen LogP contribution in [0.3, 0.4) is 0 Å². The third kappa shape index (κ3) is 2.74. The summed E-state index contributed by atoms with van der Waals surface area (Å²) in [5.41, 5.74) is 5.97. The van der Waals surface area contributed by atoms with Crippen LogP contribution in [0.15, 0.2) is 24.3 Å². The first-order valence-electron chi connectivity index (χ1n) is 10.3. The van der Waals surface area contributed by atoms with Gasteiger partial charge in [0, 0.05) is 19.5 Å². The minimum atomic E-state index is 0.717. The highest BCUT2D eigenvalue weighted by Crippen LogP contribution is 2.36. The van der Waals surface area contributed by atoms with Gasteiger partial charge >= 0.3 is 0 Å². The molecule has 0 amide bonds. The lowest BCUT2D eigenvalue weighted by Crippen LogP contribution is -3.14. The number of benzene rings is 1. The maximum atomic E-state index is 9.79. The maximum absolute atomic E-state index is 9.79. The number of nitrogens with one attached hydrogen (secondary N) is 1. The van der Waals surface area contributed by atoms with E-state index in [0.29, 0.717) is 0 Å². The zero-order chi connectivity index (χ0) is 19.1. The second-order valence-corrected chi connectivity index (χ2v) is 7.88. The largest absolute Gasteiger partial charge is 0.370 e. The van der Waals surface area contributed by atoms with Gasteiger partial charge in [0.25, 0.3) is 0 Å². The molecule has 2 aromatic heterocycles. The molecule has 0 bridgehead atoms. The summed E-state index contributed by atoms with van der Waals surface area (Å²) in [6.07, 6.45) is 2.17. The topological polar surface area (TPSA) is 58.0 Å². The molecule has 2 aliphatic rings. The third-order valence-electron chi connectivity index (χ3n) is 6.30. The van der Waals surface area contributed by atoms with Crippen molar-refractivity contribution >= 4 is 22.5 Å². The fourth-order valence-corrected chi connectivity index (χ4v) is 4.80. The number of ether oxygens (including phenoxy) is 1. The van der Waals surface area contributed by atoms with Gasteiger partial charge < -0.3 is 14.5 Å². The quantitative estimate of drug-likeness (QED) is 0.747. The molecule has 1 fully saturated rings. The molecule has 28 heavy (non-hydrogen) atoms. The molecule has 0 unspecified atom stereocenters. The number of nitriles is 1. The Morgan fingerprint density at radius 3 is 2.89 bits per heavy atom. The van der Waals surface area contributed by atoms with E-state index in [1.54, 1.807) is 4.90 Å². The molecule has 0 radical (unpaired) electrons. The molecule has 6 nitrogen and oxygen atoms in total. The predicted octanol–water partition coefficient (Wildman–Crippen LogP) is 1.34. The normalized spacial score (nSPS) is 17.4. The fourth-order valence-electron chi connectivity index (χ4n) is 4.80. The Balaban J connectivity index is 1.53. The maximum Gasteiger partial charge on any atom is 0.157 e. The molecule has 4 heterocycles. The summed E-state index contributed by atoms with van der Waals surface area (Å²) in [5.74, 6) is 1.25. The summed E-state index contributed by atoms with van der Waals surface area (Å²) < 4.78 is 7.70. The van der Waals surface area contributed by atoms with Crippen LogP contribution in [-0.2, 0) is 11.2 Å². The summed E-state index contributed by atoms with van der Waals surface area (Å²) in [7, 11) is 0. The van der Waals surface area contributed by atoms with E-state index in [1.807, 2.05) is 12.1 Å². The Morgan fingerprint density at radius 1 is 1.25 bits per heavy atom. The van der Waals surface area contributed by atoms with Crippen molar-refractivity contribution in [3.05, 3.63) is 41.0 Å². The van der Waals surface area contributed by atoms with Crippen LogP contribution < -0.4 is 9.80 Å². The van der Waals surface area contributed by atoms with Gasteiger partial charge in [-0.3, -0.25) is 4.40 Å². The van der Waals surface area contributed by atoms with E-state index in [2.05, 4.69) is 34.4 Å². The van der Waals surface area contributed by atoms with Gasteiger partial charge in [-0.2, -0.15) is 5.26 Å². The minimum absolute atomic E-state index is 0.717. The molecule has 6 heteroatoms. The van der Waals surface area contributed by atoms with Gasteiger partial charge in [-0.05, 0) is 36.6 Å². The van der Waals surface area contributed by atoms with Gasteiger partial charge in [0.2, 0.25) is 0 Å². The van der Waals surface area contributed by atoms with Crippen LogP contribution in [0.5, 0.6) is 0 Å². The number of hydrogen-bond donors (Lipinski definition) is 1. The number of rotatable bonds is 4. The zero-order valence-electron chi connectivity index (χ0n) is 16.4. The molecule has 2 aliphatic heterocycles. The van der Waals surface area contributed by atoms with Gasteiger partial charge in [0.15, 0.2) is 5.65 Å². The summed E-state index contributed by atoms with van der Waals surface area (Å²) in [5, 5.41) is 9.79. The second-order valence-electron chi connectivity index (χ2n) is 7.88. The van der Waals surface area contributed by atoms with Crippen molar-refractivity contribution in [1.82, 2.24) is 9.38 Å². The lowest BCUT2D eigenvalue weighted by atomic mass is 10.0. The summed E-state index contributed by atoms with van der Waals surface area (Å²) in [4.78, 5) is 8.97. The Hall–Kier alpha value is -2.62. The van der Waals surface area contributed by atoms with Crippen molar-refractivity contribution in [2.75, 3.05) is 50.8 Å². The van der Waals surface area contributed by atoms with Crippen molar-refractivity contribution < 1.29 is 9.64 Å². The number of hydrogen-bond acceptors (Lipinski definition) is 4. The first-order valence-corrected chi connectivity index (χ1v) is 10.3. The smallest absolute Gasteiger partial charge is 0.157 e. The predicted molar refractivity (Wildman–Crippen MR) is 109 cm³/mol. The molecule has 144 valence electrons. The Kier molecular flexibility index (Phi) is 4.42. The molecule has 1 N–H and O–H groups in total. The highest BCUT2D eigenvalue weighted by atomic mass is 16.5. The molecule has 0 aliphatic carbocycles. The van der Waals surface area contributed by atoms with Crippen molar-refractivity contribution in [3.8, 4) is 6.07 Å². The van der Waals surface area contributed by atoms with Gasteiger partial charge in [-0.25, -0.2) is 4.98 Å². The number of pyridine rings is 1. The second kappa shape index (κ2) is 7.08. The SMILES string of the molecule is Cc1c2c(n3c(nc4ccccc43)c1C#N)N(CCC[NH+]1CCOCC1)CC2. The first kappa shape index (κ1) is 17.5. The number of quaternary nitrogens is 1. The zero-order valence-corrected chi connectivity index (χ0v) is 16.4. The van der Waals surface area contributed by atoms with Crippen LogP contribution in [0.2, 0.25) is 0 Å². The third-order valence-corrected chi connectivity index (χ3v) is 6.30. The van der Waals surface area contributed by atoms with E-state index in [9.17, 15) is 5.26 Å². The Labute approximate surface area is 164 Å². The lowest BCUT2D eigenvalue weighted by Gasteiger charge is -2.26. The van der Waals surface area contributed by atoms with E-state index in [4.69, 9.17) is 9.72 Å². The number of anilines is 1. The first-order chi connectivity index (χ1) is 13.8. The van der Waals surface area contributed by atoms with Crippen LogP contribution >= 0.6 is 0 Å². The van der Waals surface area contributed by atoms with Gasteiger partial charge in [0.1, 0.15) is 25.0 Å². The van der Waals surface area contributed by atoms with E-state index in [0.717, 1.165) is 73.6 Å². The van der Waals surface area contributed by atoms with E-state index >= 15 is 0 Å². The van der Waals surface area contributed by atoms with Crippen LogP contribution in [0.25, 0.3) is 16.7 Å². The number of para-hydroxylation sites is 2. The molecule has 1 aromatic carbocycles. The Bertz CT molecular complexity index is 1070. The minimum Gasteiger partial charge on any atom is -0.370 e. The number of fused-ring (bicyclic) bond motifs is 5. The van der Waals surface area contributed by atoms with Gasteiger partial charge in [0.05, 0.1) is 36.4 Å². The standard InChI is InChI=1S/C22H25N5O/c1-16-17-7-10-26(9-4-8-25-11-13-28-14-12-25)22(17)27-20-6-3-2-5-19(20)24-21(27)18(16)15-23/h2-3,5-6H,4,7-14H2,1H3/p+1. The molecular formula is C22H26N5O+. The molecule has 0 spiro atoms. The molecular weight excluding hydrogens is 350 g/mol. The highest BCUT2D eigenvalue weighted by molar-refractivity contribution is 5.86. The lowest BCUT2D eigenvalue weighted by molar-refractivity contribution is -0.908. The van der Waals surface area contributed by atoms with Crippen molar-refractivity contribution in [2.45, 2.75) is 19.8 Å².